The van der Waals surface area contributed by atoms with Crippen molar-refractivity contribution in [2.75, 3.05) is 5.73 Å². The van der Waals surface area contributed by atoms with E-state index in [1.807, 2.05) is 24.3 Å². The van der Waals surface area contributed by atoms with Gasteiger partial charge < -0.3 is 5.73 Å². The fourth-order valence-electron chi connectivity index (χ4n) is 1.88. The van der Waals surface area contributed by atoms with Crippen LogP contribution in [0.1, 0.15) is 0 Å². The lowest BCUT2D eigenvalue weighted by molar-refractivity contribution is 0.892. The maximum Gasteiger partial charge on any atom is 0.240 e. The highest BCUT2D eigenvalue weighted by Crippen LogP contribution is 2.24. The molecule has 0 aliphatic rings. The van der Waals surface area contributed by atoms with Crippen molar-refractivity contribution in [1.29, 1.82) is 0 Å². The summed E-state index contributed by atoms with van der Waals surface area (Å²) in [5, 5.41) is 5.54. The molecular formula is C14H10Cl2N4. The van der Waals surface area contributed by atoms with Crippen molar-refractivity contribution in [2.24, 2.45) is 0 Å². The molecule has 20 heavy (non-hydrogen) atoms. The van der Waals surface area contributed by atoms with Gasteiger partial charge in [-0.05, 0) is 48.5 Å². The largest absolute Gasteiger partial charge is 0.366 e. The third-order valence-electron chi connectivity index (χ3n) is 2.80. The first-order valence-corrected chi connectivity index (χ1v) is 6.63. The molecule has 0 bridgehead atoms. The molecule has 4 nitrogen and oxygen atoms in total. The number of anilines is 1. The first kappa shape index (κ1) is 13.0. The van der Waals surface area contributed by atoms with E-state index in [0.717, 1.165) is 11.3 Å². The van der Waals surface area contributed by atoms with Gasteiger partial charge >= 0.3 is 0 Å². The van der Waals surface area contributed by atoms with Crippen molar-refractivity contribution in [3.8, 4) is 17.1 Å². The molecule has 2 N–H and O–H groups in total. The summed E-state index contributed by atoms with van der Waals surface area (Å²) in [5.41, 5.74) is 7.44. The first-order chi connectivity index (χ1) is 9.63. The second-order valence-electron chi connectivity index (χ2n) is 4.19. The highest BCUT2D eigenvalue weighted by atomic mass is 35.5. The maximum absolute atomic E-state index is 5.90. The molecule has 0 unspecified atom stereocenters. The number of halogens is 2. The number of hydrogen-bond donors (Lipinski definition) is 1. The first-order valence-electron chi connectivity index (χ1n) is 5.88. The van der Waals surface area contributed by atoms with Gasteiger partial charge in [-0.15, -0.1) is 5.10 Å². The molecule has 0 saturated heterocycles. The standard InChI is InChI=1S/C14H10Cl2N4/c15-10-3-1-9(2-4-10)13-18-14(17)19-20(13)12-7-5-11(16)6-8-12/h1-8H,(H2,17,19). The van der Waals surface area contributed by atoms with Crippen LogP contribution in [-0.2, 0) is 0 Å². The molecule has 0 aliphatic carbocycles. The second-order valence-corrected chi connectivity index (χ2v) is 5.06. The van der Waals surface area contributed by atoms with Crippen LogP contribution in [0.15, 0.2) is 48.5 Å². The third-order valence-corrected chi connectivity index (χ3v) is 3.30. The molecule has 0 aliphatic heterocycles. The Hall–Kier alpha value is -2.04. The van der Waals surface area contributed by atoms with E-state index in [0.29, 0.717) is 15.9 Å². The number of nitrogen functional groups attached to an aromatic ring is 1. The van der Waals surface area contributed by atoms with E-state index >= 15 is 0 Å². The molecule has 2 aromatic carbocycles. The van der Waals surface area contributed by atoms with Crippen molar-refractivity contribution in [1.82, 2.24) is 14.8 Å². The Balaban J connectivity index is 2.12. The number of aromatic nitrogens is 3. The number of benzene rings is 2. The summed E-state index contributed by atoms with van der Waals surface area (Å²) in [6.07, 6.45) is 0. The Bertz CT molecular complexity index is 670. The van der Waals surface area contributed by atoms with Crippen LogP contribution in [-0.4, -0.2) is 14.8 Å². The van der Waals surface area contributed by atoms with Crippen LogP contribution >= 0.6 is 23.2 Å². The number of hydrogen-bond acceptors (Lipinski definition) is 3. The molecule has 100 valence electrons. The number of rotatable bonds is 2. The fourth-order valence-corrected chi connectivity index (χ4v) is 2.13. The summed E-state index contributed by atoms with van der Waals surface area (Å²) in [6, 6.07) is 14.6. The number of nitrogens with two attached hydrogens (primary N) is 1. The Morgan fingerprint density at radius 1 is 0.850 bits per heavy atom. The van der Waals surface area contributed by atoms with Gasteiger partial charge in [0, 0.05) is 15.6 Å². The van der Waals surface area contributed by atoms with Crippen molar-refractivity contribution >= 4 is 29.2 Å². The molecule has 1 heterocycles. The van der Waals surface area contributed by atoms with Crippen LogP contribution in [0.4, 0.5) is 5.95 Å². The van der Waals surface area contributed by atoms with E-state index in [4.69, 9.17) is 28.9 Å². The molecular weight excluding hydrogens is 295 g/mol. The smallest absolute Gasteiger partial charge is 0.240 e. The van der Waals surface area contributed by atoms with Gasteiger partial charge in [0.05, 0.1) is 5.69 Å². The van der Waals surface area contributed by atoms with E-state index in [1.54, 1.807) is 28.9 Å². The molecule has 1 aromatic heterocycles. The zero-order chi connectivity index (χ0) is 14.1. The van der Waals surface area contributed by atoms with E-state index < -0.39 is 0 Å². The molecule has 6 heteroatoms. The minimum atomic E-state index is 0.213. The van der Waals surface area contributed by atoms with Gasteiger partial charge in [-0.2, -0.15) is 4.98 Å². The van der Waals surface area contributed by atoms with Gasteiger partial charge in [0.15, 0.2) is 5.82 Å². The molecule has 0 amide bonds. The van der Waals surface area contributed by atoms with E-state index in [1.165, 1.54) is 0 Å². The summed E-state index contributed by atoms with van der Waals surface area (Å²) >= 11 is 11.8. The molecule has 0 atom stereocenters. The highest BCUT2D eigenvalue weighted by molar-refractivity contribution is 6.30. The Kier molecular flexibility index (Phi) is 3.34. The van der Waals surface area contributed by atoms with Crippen molar-refractivity contribution in [3.63, 3.8) is 0 Å². The van der Waals surface area contributed by atoms with Gasteiger partial charge in [-0.25, -0.2) is 4.68 Å². The van der Waals surface area contributed by atoms with Crippen LogP contribution in [0.5, 0.6) is 0 Å². The zero-order valence-electron chi connectivity index (χ0n) is 10.3. The fraction of sp³-hybridized carbons (Fsp3) is 0. The summed E-state index contributed by atoms with van der Waals surface area (Å²) in [7, 11) is 0. The van der Waals surface area contributed by atoms with Crippen LogP contribution in [0.2, 0.25) is 10.0 Å². The Morgan fingerprint density at radius 2 is 1.40 bits per heavy atom. The van der Waals surface area contributed by atoms with Crippen LogP contribution in [0.25, 0.3) is 17.1 Å². The van der Waals surface area contributed by atoms with E-state index in [9.17, 15) is 0 Å². The Morgan fingerprint density at radius 3 is 2.00 bits per heavy atom. The average molecular weight is 305 g/mol. The van der Waals surface area contributed by atoms with E-state index in [2.05, 4.69) is 10.1 Å². The highest BCUT2D eigenvalue weighted by Gasteiger charge is 2.12. The van der Waals surface area contributed by atoms with Gasteiger partial charge in [0.2, 0.25) is 5.95 Å². The zero-order valence-corrected chi connectivity index (χ0v) is 11.8. The second kappa shape index (κ2) is 5.15. The van der Waals surface area contributed by atoms with E-state index in [-0.39, 0.29) is 5.95 Å². The minimum absolute atomic E-state index is 0.213. The van der Waals surface area contributed by atoms with Gasteiger partial charge in [-0.3, -0.25) is 0 Å². The summed E-state index contributed by atoms with van der Waals surface area (Å²) in [4.78, 5) is 4.26. The molecule has 0 fully saturated rings. The predicted molar refractivity (Wildman–Crippen MR) is 81.2 cm³/mol. The third kappa shape index (κ3) is 2.48. The molecule has 0 saturated carbocycles. The molecule has 0 radical (unpaired) electrons. The number of nitrogens with zero attached hydrogens (tertiary/aromatic N) is 3. The van der Waals surface area contributed by atoms with Crippen LogP contribution in [0.3, 0.4) is 0 Å². The average Bonchev–Trinajstić information content (AvgIpc) is 2.82. The SMILES string of the molecule is Nc1nc(-c2ccc(Cl)cc2)n(-c2ccc(Cl)cc2)n1. The monoisotopic (exact) mass is 304 g/mol. The van der Waals surface area contributed by atoms with Gasteiger partial charge in [0.1, 0.15) is 0 Å². The van der Waals surface area contributed by atoms with Crippen LogP contribution in [0, 0.1) is 0 Å². The summed E-state index contributed by atoms with van der Waals surface area (Å²) in [5.74, 6) is 0.867. The van der Waals surface area contributed by atoms with Gasteiger partial charge in [-0.1, -0.05) is 23.2 Å². The lowest BCUT2D eigenvalue weighted by Gasteiger charge is -2.06. The molecule has 0 spiro atoms. The van der Waals surface area contributed by atoms with Crippen molar-refractivity contribution in [2.45, 2.75) is 0 Å². The van der Waals surface area contributed by atoms with Crippen molar-refractivity contribution in [3.05, 3.63) is 58.6 Å². The minimum Gasteiger partial charge on any atom is -0.366 e. The lowest BCUT2D eigenvalue weighted by Crippen LogP contribution is -1.99. The lowest BCUT2D eigenvalue weighted by atomic mass is 10.2. The van der Waals surface area contributed by atoms with Gasteiger partial charge in [0.25, 0.3) is 0 Å². The topological polar surface area (TPSA) is 56.7 Å². The quantitative estimate of drug-likeness (QED) is 0.783. The normalized spacial score (nSPS) is 10.7. The Labute approximate surface area is 125 Å². The summed E-state index contributed by atoms with van der Waals surface area (Å²) in [6.45, 7) is 0. The predicted octanol–water partition coefficient (Wildman–Crippen LogP) is 3.82. The summed E-state index contributed by atoms with van der Waals surface area (Å²) < 4.78 is 1.68. The molecule has 3 aromatic rings. The molecule has 3 rings (SSSR count). The van der Waals surface area contributed by atoms with Crippen LogP contribution < -0.4 is 5.73 Å². The maximum atomic E-state index is 5.90. The van der Waals surface area contributed by atoms with Crippen molar-refractivity contribution < 1.29 is 0 Å².